The molecule has 0 spiro atoms. The lowest BCUT2D eigenvalue weighted by molar-refractivity contribution is -0.882. The number of carbonyl (C=O) groups is 2. The number of carbonyl (C=O) groups excluding carboxylic acids is 2. The number of aliphatic hydroxyl groups excluding tert-OH is 1. The van der Waals surface area contributed by atoms with Gasteiger partial charge in [0.05, 0.1) is 27.7 Å². The van der Waals surface area contributed by atoms with Gasteiger partial charge in [0.15, 0.2) is 12.4 Å². The fourth-order valence-electron chi connectivity index (χ4n) is 1.52. The fourth-order valence-corrected chi connectivity index (χ4v) is 3.13. The first-order valence-corrected chi connectivity index (χ1v) is 8.38. The molecule has 0 saturated heterocycles. The SMILES string of the molecule is CC[PH](=O)C(COC(=O)/C=C/C(=O)OCCO)[N+](C)(C)C. The zero-order valence-corrected chi connectivity index (χ0v) is 14.0. The number of aliphatic hydroxyl groups is 1. The molecule has 0 amide bonds. The Morgan fingerprint density at radius 2 is 1.71 bits per heavy atom. The molecule has 7 nitrogen and oxygen atoms in total. The van der Waals surface area contributed by atoms with Crippen LogP contribution >= 0.6 is 7.80 Å². The second-order valence-electron chi connectivity index (χ2n) is 5.31. The Morgan fingerprint density at radius 1 is 1.19 bits per heavy atom. The molecule has 0 aliphatic heterocycles. The van der Waals surface area contributed by atoms with Crippen LogP contribution in [0.2, 0.25) is 0 Å². The Bertz CT molecular complexity index is 402. The summed E-state index contributed by atoms with van der Waals surface area (Å²) >= 11 is 0. The number of quaternary nitrogens is 1. The van der Waals surface area contributed by atoms with E-state index in [1.54, 1.807) is 0 Å². The van der Waals surface area contributed by atoms with Crippen LogP contribution in [0.1, 0.15) is 6.92 Å². The maximum Gasteiger partial charge on any atom is 0.331 e. The van der Waals surface area contributed by atoms with Crippen LogP contribution in [0.5, 0.6) is 0 Å². The summed E-state index contributed by atoms with van der Waals surface area (Å²) < 4.78 is 22.0. The topological polar surface area (TPSA) is 89.9 Å². The minimum Gasteiger partial charge on any atom is -0.460 e. The first-order valence-electron chi connectivity index (χ1n) is 6.68. The Balaban J connectivity index is 4.41. The van der Waals surface area contributed by atoms with E-state index in [9.17, 15) is 14.2 Å². The van der Waals surface area contributed by atoms with Gasteiger partial charge >= 0.3 is 11.9 Å². The molecule has 0 aromatic rings. The first-order chi connectivity index (χ1) is 9.72. The fraction of sp³-hybridized carbons (Fsp3) is 0.692. The summed E-state index contributed by atoms with van der Waals surface area (Å²) in [4.78, 5) is 22.6. The summed E-state index contributed by atoms with van der Waals surface area (Å²) in [5.74, 6) is -1.69. The van der Waals surface area contributed by atoms with E-state index in [1.807, 2.05) is 28.1 Å². The van der Waals surface area contributed by atoms with E-state index < -0.39 is 19.7 Å². The molecule has 0 aromatic heterocycles. The average molecular weight is 322 g/mol. The summed E-state index contributed by atoms with van der Waals surface area (Å²) in [6.45, 7) is 1.47. The molecule has 0 rings (SSSR count). The summed E-state index contributed by atoms with van der Waals surface area (Å²) in [5.41, 5.74) is 0. The van der Waals surface area contributed by atoms with Crippen molar-refractivity contribution in [2.75, 3.05) is 47.1 Å². The van der Waals surface area contributed by atoms with Gasteiger partial charge < -0.3 is 23.6 Å². The molecule has 0 heterocycles. The van der Waals surface area contributed by atoms with Crippen LogP contribution < -0.4 is 0 Å². The standard InChI is InChI=1S/C13H25NO6P/c1-5-21(18)11(14(2,3)4)10-20-13(17)7-6-12(16)19-9-8-15/h6-7,11,15,21H,5,8-10H2,1-4H3/q+1/b7-6+. The van der Waals surface area contributed by atoms with Crippen LogP contribution in [-0.4, -0.2) is 74.4 Å². The van der Waals surface area contributed by atoms with Crippen molar-refractivity contribution in [3.63, 3.8) is 0 Å². The van der Waals surface area contributed by atoms with Crippen LogP contribution in [0.4, 0.5) is 0 Å². The molecule has 8 heteroatoms. The third-order valence-electron chi connectivity index (χ3n) is 2.73. The van der Waals surface area contributed by atoms with Gasteiger partial charge in [-0.1, -0.05) is 6.92 Å². The number of hydrogen-bond acceptors (Lipinski definition) is 6. The monoisotopic (exact) mass is 322 g/mol. The van der Waals surface area contributed by atoms with Gasteiger partial charge in [-0.25, -0.2) is 9.59 Å². The molecule has 122 valence electrons. The zero-order chi connectivity index (χ0) is 16.5. The number of hydrogen-bond donors (Lipinski definition) is 1. The van der Waals surface area contributed by atoms with Gasteiger partial charge in [0.2, 0.25) is 0 Å². The Labute approximate surface area is 125 Å². The van der Waals surface area contributed by atoms with Crippen molar-refractivity contribution in [3.05, 3.63) is 12.2 Å². The molecule has 0 aliphatic rings. The molecule has 0 aliphatic carbocycles. The highest BCUT2D eigenvalue weighted by atomic mass is 31.1. The third-order valence-corrected chi connectivity index (χ3v) is 5.11. The second-order valence-corrected chi connectivity index (χ2v) is 7.61. The highest BCUT2D eigenvalue weighted by molar-refractivity contribution is 7.45. The number of nitrogens with zero attached hydrogens (tertiary/aromatic N) is 1. The lowest BCUT2D eigenvalue weighted by Gasteiger charge is -2.32. The van der Waals surface area contributed by atoms with Crippen LogP contribution in [0, 0.1) is 0 Å². The van der Waals surface area contributed by atoms with Crippen molar-refractivity contribution in [2.45, 2.75) is 12.7 Å². The van der Waals surface area contributed by atoms with Gasteiger partial charge in [0.1, 0.15) is 14.4 Å². The summed E-state index contributed by atoms with van der Waals surface area (Å²) in [5, 5.41) is 8.47. The van der Waals surface area contributed by atoms with Gasteiger partial charge in [0, 0.05) is 18.3 Å². The molecule has 0 radical (unpaired) electrons. The number of esters is 2. The number of rotatable bonds is 9. The largest absolute Gasteiger partial charge is 0.460 e. The van der Waals surface area contributed by atoms with Gasteiger partial charge in [-0.2, -0.15) is 0 Å². The number of ether oxygens (including phenoxy) is 2. The molecule has 2 atom stereocenters. The van der Waals surface area contributed by atoms with E-state index in [0.29, 0.717) is 10.6 Å². The maximum absolute atomic E-state index is 12.0. The normalized spacial score (nSPS) is 14.7. The molecule has 0 saturated carbocycles. The quantitative estimate of drug-likeness (QED) is 0.283. The average Bonchev–Trinajstić information content (AvgIpc) is 2.41. The summed E-state index contributed by atoms with van der Waals surface area (Å²) in [6, 6.07) is 0. The third kappa shape index (κ3) is 8.65. The van der Waals surface area contributed by atoms with Crippen molar-refractivity contribution in [3.8, 4) is 0 Å². The Hall–Kier alpha value is -1.17. The predicted molar refractivity (Wildman–Crippen MR) is 79.5 cm³/mol. The second kappa shape index (κ2) is 9.71. The van der Waals surface area contributed by atoms with Crippen molar-refractivity contribution >= 4 is 19.7 Å². The molecule has 2 unspecified atom stereocenters. The van der Waals surface area contributed by atoms with E-state index in [0.717, 1.165) is 12.2 Å². The predicted octanol–water partition coefficient (Wildman–Crippen LogP) is 0.233. The van der Waals surface area contributed by atoms with Gasteiger partial charge in [0.25, 0.3) is 0 Å². The smallest absolute Gasteiger partial charge is 0.331 e. The van der Waals surface area contributed by atoms with E-state index in [4.69, 9.17) is 9.84 Å². The molecule has 1 N–H and O–H groups in total. The Kier molecular flexibility index (Phi) is 9.17. The molecule has 0 bridgehead atoms. The van der Waals surface area contributed by atoms with Crippen LogP contribution in [0.25, 0.3) is 0 Å². The van der Waals surface area contributed by atoms with Crippen LogP contribution in [-0.2, 0) is 23.6 Å². The van der Waals surface area contributed by atoms with E-state index >= 15 is 0 Å². The van der Waals surface area contributed by atoms with Crippen molar-refractivity contribution < 1.29 is 33.2 Å². The van der Waals surface area contributed by atoms with E-state index in [2.05, 4.69) is 4.74 Å². The maximum atomic E-state index is 12.0. The number of likely N-dealkylation sites (N-methyl/N-ethyl adjacent to an activating group) is 1. The van der Waals surface area contributed by atoms with Crippen LogP contribution in [0.15, 0.2) is 12.2 Å². The molecule has 21 heavy (non-hydrogen) atoms. The molecular weight excluding hydrogens is 297 g/mol. The van der Waals surface area contributed by atoms with Crippen molar-refractivity contribution in [1.82, 2.24) is 0 Å². The van der Waals surface area contributed by atoms with Gasteiger partial charge in [-0.15, -0.1) is 0 Å². The molecular formula is C13H25NO6P+. The highest BCUT2D eigenvalue weighted by Gasteiger charge is 2.30. The Morgan fingerprint density at radius 3 is 2.14 bits per heavy atom. The lowest BCUT2D eigenvalue weighted by Crippen LogP contribution is -2.46. The molecule has 0 aromatic carbocycles. The van der Waals surface area contributed by atoms with E-state index in [-0.39, 0.29) is 25.6 Å². The highest BCUT2D eigenvalue weighted by Crippen LogP contribution is 2.32. The zero-order valence-electron chi connectivity index (χ0n) is 13.0. The van der Waals surface area contributed by atoms with Crippen molar-refractivity contribution in [2.24, 2.45) is 0 Å². The minimum atomic E-state index is -1.86. The summed E-state index contributed by atoms with van der Waals surface area (Å²) in [7, 11) is 3.80. The van der Waals surface area contributed by atoms with Crippen molar-refractivity contribution in [1.29, 1.82) is 0 Å². The van der Waals surface area contributed by atoms with E-state index in [1.165, 1.54) is 0 Å². The van der Waals surface area contributed by atoms with Gasteiger partial charge in [-0.05, 0) is 0 Å². The minimum absolute atomic E-state index is 0.0317. The lowest BCUT2D eigenvalue weighted by atomic mass is 10.5. The first kappa shape index (κ1) is 19.8. The van der Waals surface area contributed by atoms with Gasteiger partial charge in [-0.3, -0.25) is 0 Å². The summed E-state index contributed by atoms with van der Waals surface area (Å²) in [6.07, 6.45) is 2.43. The van der Waals surface area contributed by atoms with Crippen LogP contribution in [0.3, 0.4) is 0 Å². The molecule has 0 fully saturated rings.